The van der Waals surface area contributed by atoms with Gasteiger partial charge in [0.15, 0.2) is 0 Å². The van der Waals surface area contributed by atoms with Crippen molar-refractivity contribution in [1.82, 2.24) is 19.7 Å². The van der Waals surface area contributed by atoms with Crippen LogP contribution in [0.5, 0.6) is 0 Å². The van der Waals surface area contributed by atoms with E-state index in [2.05, 4.69) is 15.3 Å². The Morgan fingerprint density at radius 1 is 1.27 bits per heavy atom. The SMILES string of the molecule is CCc1cnc2ncc(-c3ccc(C(=O)NC)c(F)c3)cn12. The molecule has 112 valence electrons. The van der Waals surface area contributed by atoms with Gasteiger partial charge < -0.3 is 5.32 Å². The van der Waals surface area contributed by atoms with Crippen LogP contribution in [-0.4, -0.2) is 27.3 Å². The highest BCUT2D eigenvalue weighted by atomic mass is 19.1. The Kier molecular flexibility index (Phi) is 3.58. The van der Waals surface area contributed by atoms with Crippen LogP contribution in [0.15, 0.2) is 36.8 Å². The summed E-state index contributed by atoms with van der Waals surface area (Å²) in [4.78, 5) is 20.0. The van der Waals surface area contributed by atoms with Crippen LogP contribution in [0.25, 0.3) is 16.9 Å². The van der Waals surface area contributed by atoms with E-state index >= 15 is 0 Å². The lowest BCUT2D eigenvalue weighted by atomic mass is 10.1. The first-order valence-electron chi connectivity index (χ1n) is 6.98. The van der Waals surface area contributed by atoms with Crippen molar-refractivity contribution < 1.29 is 9.18 Å². The molecule has 0 unspecified atom stereocenters. The molecule has 0 aliphatic rings. The fourth-order valence-electron chi connectivity index (χ4n) is 2.35. The number of carbonyl (C=O) groups excluding carboxylic acids is 1. The number of amides is 1. The molecule has 1 amide bonds. The Morgan fingerprint density at radius 2 is 2.05 bits per heavy atom. The molecule has 3 rings (SSSR count). The number of aryl methyl sites for hydroxylation is 1. The predicted octanol–water partition coefficient (Wildman–Crippen LogP) is 2.46. The van der Waals surface area contributed by atoms with Gasteiger partial charge in [0.2, 0.25) is 5.78 Å². The Balaban J connectivity index is 2.07. The summed E-state index contributed by atoms with van der Waals surface area (Å²) >= 11 is 0. The minimum absolute atomic E-state index is 0.0252. The molecule has 0 fully saturated rings. The molecule has 2 heterocycles. The van der Waals surface area contributed by atoms with Gasteiger partial charge in [-0.15, -0.1) is 0 Å². The molecule has 6 heteroatoms. The molecular weight excluding hydrogens is 283 g/mol. The lowest BCUT2D eigenvalue weighted by Gasteiger charge is -2.07. The lowest BCUT2D eigenvalue weighted by molar-refractivity contribution is 0.0959. The lowest BCUT2D eigenvalue weighted by Crippen LogP contribution is -2.19. The van der Waals surface area contributed by atoms with Crippen molar-refractivity contribution in [2.24, 2.45) is 0 Å². The molecule has 0 saturated carbocycles. The molecule has 5 nitrogen and oxygen atoms in total. The number of aromatic nitrogens is 3. The maximum atomic E-state index is 14.1. The van der Waals surface area contributed by atoms with E-state index in [0.717, 1.165) is 17.7 Å². The molecule has 1 N–H and O–H groups in total. The highest BCUT2D eigenvalue weighted by molar-refractivity contribution is 5.94. The van der Waals surface area contributed by atoms with Crippen molar-refractivity contribution in [2.45, 2.75) is 13.3 Å². The molecular formula is C16H15FN4O. The van der Waals surface area contributed by atoms with Crippen LogP contribution < -0.4 is 5.32 Å². The average Bonchev–Trinajstić information content (AvgIpc) is 2.96. The number of fused-ring (bicyclic) bond motifs is 1. The zero-order valence-corrected chi connectivity index (χ0v) is 12.3. The summed E-state index contributed by atoms with van der Waals surface area (Å²) in [7, 11) is 1.47. The molecule has 2 aromatic heterocycles. The van der Waals surface area contributed by atoms with Crippen LogP contribution in [0, 0.1) is 5.82 Å². The summed E-state index contributed by atoms with van der Waals surface area (Å²) < 4.78 is 16.0. The highest BCUT2D eigenvalue weighted by Crippen LogP contribution is 2.22. The van der Waals surface area contributed by atoms with E-state index < -0.39 is 11.7 Å². The summed E-state index contributed by atoms with van der Waals surface area (Å²) in [5.74, 6) is -0.387. The van der Waals surface area contributed by atoms with Crippen LogP contribution in [0.3, 0.4) is 0 Å². The number of rotatable bonds is 3. The fourth-order valence-corrected chi connectivity index (χ4v) is 2.35. The van der Waals surface area contributed by atoms with Gasteiger partial charge in [-0.1, -0.05) is 13.0 Å². The van der Waals surface area contributed by atoms with Crippen LogP contribution >= 0.6 is 0 Å². The third-order valence-corrected chi connectivity index (χ3v) is 3.58. The molecule has 0 radical (unpaired) electrons. The Morgan fingerprint density at radius 3 is 2.73 bits per heavy atom. The second-order valence-electron chi connectivity index (χ2n) is 4.89. The van der Waals surface area contributed by atoms with Gasteiger partial charge in [0.1, 0.15) is 5.82 Å². The number of hydrogen-bond acceptors (Lipinski definition) is 3. The zero-order chi connectivity index (χ0) is 15.7. The average molecular weight is 298 g/mol. The van der Waals surface area contributed by atoms with E-state index in [1.807, 2.05) is 17.5 Å². The summed E-state index contributed by atoms with van der Waals surface area (Å²) in [6.45, 7) is 2.04. The van der Waals surface area contributed by atoms with Crippen LogP contribution in [0.1, 0.15) is 23.0 Å². The quantitative estimate of drug-likeness (QED) is 0.808. The van der Waals surface area contributed by atoms with Gasteiger partial charge in [-0.25, -0.2) is 14.4 Å². The fraction of sp³-hybridized carbons (Fsp3) is 0.188. The number of nitrogens with zero attached hydrogens (tertiary/aromatic N) is 3. The largest absolute Gasteiger partial charge is 0.355 e. The van der Waals surface area contributed by atoms with E-state index in [1.54, 1.807) is 18.5 Å². The highest BCUT2D eigenvalue weighted by Gasteiger charge is 2.12. The molecule has 22 heavy (non-hydrogen) atoms. The maximum absolute atomic E-state index is 14.1. The van der Waals surface area contributed by atoms with E-state index in [4.69, 9.17) is 0 Å². The number of halogens is 1. The van der Waals surface area contributed by atoms with Crippen molar-refractivity contribution >= 4 is 11.7 Å². The maximum Gasteiger partial charge on any atom is 0.253 e. The Hall–Kier alpha value is -2.76. The summed E-state index contributed by atoms with van der Waals surface area (Å²) in [5, 5.41) is 2.41. The van der Waals surface area contributed by atoms with Gasteiger partial charge in [0, 0.05) is 30.7 Å². The number of hydrogen-bond donors (Lipinski definition) is 1. The molecule has 0 bridgehead atoms. The summed E-state index contributed by atoms with van der Waals surface area (Å²) in [6.07, 6.45) is 6.14. The first kappa shape index (κ1) is 14.2. The molecule has 0 atom stereocenters. The number of carbonyl (C=O) groups is 1. The van der Waals surface area contributed by atoms with Crippen LogP contribution in [0.2, 0.25) is 0 Å². The summed E-state index contributed by atoms with van der Waals surface area (Å²) in [6, 6.07) is 4.53. The van der Waals surface area contributed by atoms with Gasteiger partial charge in [0.25, 0.3) is 5.91 Å². The van der Waals surface area contributed by atoms with E-state index in [1.165, 1.54) is 19.2 Å². The van der Waals surface area contributed by atoms with E-state index in [9.17, 15) is 9.18 Å². The second kappa shape index (κ2) is 5.55. The van der Waals surface area contributed by atoms with Gasteiger partial charge >= 0.3 is 0 Å². The third-order valence-electron chi connectivity index (χ3n) is 3.58. The molecule has 0 saturated heterocycles. The first-order chi connectivity index (χ1) is 10.6. The van der Waals surface area contributed by atoms with Crippen molar-refractivity contribution in [3.8, 4) is 11.1 Å². The molecule has 3 aromatic rings. The van der Waals surface area contributed by atoms with E-state index in [0.29, 0.717) is 11.3 Å². The standard InChI is InChI=1S/C16H15FN4O/c1-3-12-8-20-16-19-7-11(9-21(12)16)10-4-5-13(14(17)6-10)15(22)18-2/h4-9H,3H2,1-2H3,(H,18,22). The zero-order valence-electron chi connectivity index (χ0n) is 12.3. The molecule has 0 aliphatic heterocycles. The van der Waals surface area contributed by atoms with Gasteiger partial charge in [0.05, 0.1) is 11.8 Å². The third kappa shape index (κ3) is 2.32. The van der Waals surface area contributed by atoms with Gasteiger partial charge in [-0.05, 0) is 24.1 Å². The van der Waals surface area contributed by atoms with Crippen LogP contribution in [0.4, 0.5) is 4.39 Å². The van der Waals surface area contributed by atoms with Crippen molar-refractivity contribution in [2.75, 3.05) is 7.05 Å². The van der Waals surface area contributed by atoms with Crippen molar-refractivity contribution in [3.05, 3.63) is 53.9 Å². The minimum atomic E-state index is -0.557. The summed E-state index contributed by atoms with van der Waals surface area (Å²) in [5.41, 5.74) is 2.49. The topological polar surface area (TPSA) is 59.3 Å². The van der Waals surface area contributed by atoms with Gasteiger partial charge in [-0.3, -0.25) is 9.20 Å². The molecule has 1 aromatic carbocycles. The van der Waals surface area contributed by atoms with Crippen molar-refractivity contribution in [1.29, 1.82) is 0 Å². The number of benzene rings is 1. The Labute approximate surface area is 126 Å². The predicted molar refractivity (Wildman–Crippen MR) is 81.1 cm³/mol. The number of nitrogens with one attached hydrogen (secondary N) is 1. The van der Waals surface area contributed by atoms with Crippen LogP contribution in [-0.2, 0) is 6.42 Å². The normalized spacial score (nSPS) is 10.9. The second-order valence-corrected chi connectivity index (χ2v) is 4.89. The Bertz CT molecular complexity index is 856. The van der Waals surface area contributed by atoms with E-state index in [-0.39, 0.29) is 5.56 Å². The minimum Gasteiger partial charge on any atom is -0.355 e. The number of imidazole rings is 1. The smallest absolute Gasteiger partial charge is 0.253 e. The molecule has 0 aliphatic carbocycles. The molecule has 0 spiro atoms. The van der Waals surface area contributed by atoms with Crippen molar-refractivity contribution in [3.63, 3.8) is 0 Å². The first-order valence-corrected chi connectivity index (χ1v) is 6.98. The van der Waals surface area contributed by atoms with Gasteiger partial charge in [-0.2, -0.15) is 0 Å². The monoisotopic (exact) mass is 298 g/mol.